The molecule has 0 radical (unpaired) electrons. The minimum Gasteiger partial charge on any atom is -0.478 e. The van der Waals surface area contributed by atoms with Crippen molar-refractivity contribution in [2.75, 3.05) is 13.6 Å². The van der Waals surface area contributed by atoms with Crippen LogP contribution >= 0.6 is 0 Å². The molecule has 6 heteroatoms. The summed E-state index contributed by atoms with van der Waals surface area (Å²) in [6.45, 7) is 0.474. The second-order valence-corrected chi connectivity index (χ2v) is 3.94. The number of benzene rings is 1. The Morgan fingerprint density at radius 3 is 2.67 bits per heavy atom. The lowest BCUT2D eigenvalue weighted by Crippen LogP contribution is -2.24. The smallest absolute Gasteiger partial charge is 0.336 e. The second kappa shape index (κ2) is 6.44. The maximum atomic E-state index is 13.0. The number of carbonyl (C=O) groups is 1. The van der Waals surface area contributed by atoms with Gasteiger partial charge in [-0.05, 0) is 37.7 Å². The molecule has 2 unspecified atom stereocenters. The van der Waals surface area contributed by atoms with E-state index in [0.717, 1.165) is 12.1 Å². The van der Waals surface area contributed by atoms with Crippen LogP contribution in [0.3, 0.4) is 0 Å². The highest BCUT2D eigenvalue weighted by Crippen LogP contribution is 2.23. The van der Waals surface area contributed by atoms with Crippen LogP contribution in [0, 0.1) is 5.82 Å². The molecule has 0 fully saturated rings. The number of rotatable bonds is 6. The number of hydrogen-bond acceptors (Lipinski definition) is 4. The van der Waals surface area contributed by atoms with Crippen molar-refractivity contribution in [1.82, 2.24) is 5.32 Å². The van der Waals surface area contributed by atoms with E-state index in [4.69, 9.17) is 5.11 Å². The van der Waals surface area contributed by atoms with Crippen LogP contribution in [0.5, 0.6) is 0 Å². The third kappa shape index (κ3) is 3.49. The molecule has 0 saturated heterocycles. The van der Waals surface area contributed by atoms with Crippen molar-refractivity contribution in [1.29, 1.82) is 0 Å². The molecule has 1 aromatic rings. The third-order valence-electron chi connectivity index (χ3n) is 2.62. The number of halogens is 1. The zero-order chi connectivity index (χ0) is 13.7. The molecular weight excluding hydrogens is 241 g/mol. The van der Waals surface area contributed by atoms with Crippen LogP contribution in [0.15, 0.2) is 18.2 Å². The van der Waals surface area contributed by atoms with Crippen molar-refractivity contribution < 1.29 is 24.5 Å². The Balaban J connectivity index is 2.97. The van der Waals surface area contributed by atoms with Gasteiger partial charge in [0.05, 0.1) is 11.7 Å². The van der Waals surface area contributed by atoms with Crippen LogP contribution < -0.4 is 5.32 Å². The molecule has 4 N–H and O–H groups in total. The highest BCUT2D eigenvalue weighted by atomic mass is 19.1. The molecule has 100 valence electrons. The standard InChI is InChI=1S/C12H16FNO4/c1-14-5-4-10(15)11(16)8-3-2-7(13)6-9(8)12(17)18/h2-3,6,10-11,14-16H,4-5H2,1H3,(H,17,18). The highest BCUT2D eigenvalue weighted by Gasteiger charge is 2.23. The first-order valence-electron chi connectivity index (χ1n) is 5.50. The fourth-order valence-corrected chi connectivity index (χ4v) is 1.63. The molecule has 0 bridgehead atoms. The van der Waals surface area contributed by atoms with Crippen LogP contribution in [0.1, 0.15) is 28.4 Å². The first-order chi connectivity index (χ1) is 8.47. The van der Waals surface area contributed by atoms with Gasteiger partial charge in [-0.2, -0.15) is 0 Å². The molecule has 2 atom stereocenters. The molecule has 5 nitrogen and oxygen atoms in total. The predicted molar refractivity (Wildman–Crippen MR) is 62.9 cm³/mol. The van der Waals surface area contributed by atoms with Gasteiger partial charge in [-0.25, -0.2) is 9.18 Å². The highest BCUT2D eigenvalue weighted by molar-refractivity contribution is 5.89. The van der Waals surface area contributed by atoms with E-state index >= 15 is 0 Å². The van der Waals surface area contributed by atoms with Crippen LogP contribution in [0.4, 0.5) is 4.39 Å². The fourth-order valence-electron chi connectivity index (χ4n) is 1.63. The summed E-state index contributed by atoms with van der Waals surface area (Å²) in [6, 6.07) is 3.05. The Morgan fingerprint density at radius 1 is 1.44 bits per heavy atom. The number of aromatic carboxylic acids is 1. The summed E-state index contributed by atoms with van der Waals surface area (Å²) in [4.78, 5) is 10.9. The van der Waals surface area contributed by atoms with Gasteiger partial charge in [0.1, 0.15) is 11.9 Å². The first kappa shape index (κ1) is 14.6. The average Bonchev–Trinajstić information content (AvgIpc) is 2.34. The minimum absolute atomic E-state index is 0.00695. The Kier molecular flexibility index (Phi) is 5.21. The van der Waals surface area contributed by atoms with E-state index in [0.29, 0.717) is 6.54 Å². The van der Waals surface area contributed by atoms with Crippen molar-refractivity contribution in [2.45, 2.75) is 18.6 Å². The topological polar surface area (TPSA) is 89.8 Å². The van der Waals surface area contributed by atoms with Gasteiger partial charge >= 0.3 is 5.97 Å². The number of hydrogen-bond donors (Lipinski definition) is 4. The normalized spacial score (nSPS) is 14.2. The summed E-state index contributed by atoms with van der Waals surface area (Å²) in [7, 11) is 1.69. The van der Waals surface area contributed by atoms with Crippen molar-refractivity contribution in [3.05, 3.63) is 35.1 Å². The monoisotopic (exact) mass is 257 g/mol. The molecule has 0 aromatic heterocycles. The maximum absolute atomic E-state index is 13.0. The third-order valence-corrected chi connectivity index (χ3v) is 2.62. The number of nitrogens with one attached hydrogen (secondary N) is 1. The van der Waals surface area contributed by atoms with Gasteiger partial charge in [0.25, 0.3) is 0 Å². The lowest BCUT2D eigenvalue weighted by molar-refractivity contribution is 0.0131. The van der Waals surface area contributed by atoms with Crippen molar-refractivity contribution in [3.8, 4) is 0 Å². The van der Waals surface area contributed by atoms with E-state index in [1.807, 2.05) is 0 Å². The number of carboxylic acid groups (broad SMARTS) is 1. The molecule has 0 aliphatic heterocycles. The second-order valence-electron chi connectivity index (χ2n) is 3.94. The van der Waals surface area contributed by atoms with Gasteiger partial charge in [0.2, 0.25) is 0 Å². The molecule has 1 rings (SSSR count). The van der Waals surface area contributed by atoms with Crippen LogP contribution in [0.25, 0.3) is 0 Å². The number of aliphatic hydroxyl groups is 2. The Morgan fingerprint density at radius 2 is 2.11 bits per heavy atom. The average molecular weight is 257 g/mol. The van der Waals surface area contributed by atoms with E-state index in [1.165, 1.54) is 6.07 Å². The summed E-state index contributed by atoms with van der Waals surface area (Å²) in [5, 5.41) is 31.3. The van der Waals surface area contributed by atoms with E-state index < -0.39 is 24.0 Å². The van der Waals surface area contributed by atoms with Crippen molar-refractivity contribution in [2.24, 2.45) is 0 Å². The number of carboxylic acids is 1. The Hall–Kier alpha value is -1.50. The van der Waals surface area contributed by atoms with Gasteiger partial charge in [0, 0.05) is 0 Å². The quantitative estimate of drug-likeness (QED) is 0.597. The van der Waals surface area contributed by atoms with Gasteiger partial charge in [-0.1, -0.05) is 6.07 Å². The molecule has 0 spiro atoms. The molecular formula is C12H16FNO4. The van der Waals surface area contributed by atoms with E-state index in [-0.39, 0.29) is 17.5 Å². The predicted octanol–water partition coefficient (Wildman–Crippen LogP) is 0.528. The fraction of sp³-hybridized carbons (Fsp3) is 0.417. The molecule has 0 aliphatic rings. The van der Waals surface area contributed by atoms with Crippen molar-refractivity contribution in [3.63, 3.8) is 0 Å². The van der Waals surface area contributed by atoms with E-state index in [2.05, 4.69) is 5.32 Å². The van der Waals surface area contributed by atoms with E-state index in [9.17, 15) is 19.4 Å². The van der Waals surface area contributed by atoms with Gasteiger partial charge in [0.15, 0.2) is 0 Å². The molecule has 0 amide bonds. The number of aliphatic hydroxyl groups excluding tert-OH is 2. The summed E-state index contributed by atoms with van der Waals surface area (Å²) >= 11 is 0. The first-order valence-corrected chi connectivity index (χ1v) is 5.50. The van der Waals surface area contributed by atoms with Gasteiger partial charge < -0.3 is 20.6 Å². The molecule has 0 aliphatic carbocycles. The lowest BCUT2D eigenvalue weighted by atomic mass is 9.97. The summed E-state index contributed by atoms with van der Waals surface area (Å²) < 4.78 is 13.0. The molecule has 0 saturated carbocycles. The molecule has 18 heavy (non-hydrogen) atoms. The van der Waals surface area contributed by atoms with Gasteiger partial charge in [-0.15, -0.1) is 0 Å². The van der Waals surface area contributed by atoms with Crippen molar-refractivity contribution >= 4 is 5.97 Å². The van der Waals surface area contributed by atoms with Crippen LogP contribution in [-0.4, -0.2) is 41.0 Å². The van der Waals surface area contributed by atoms with Crippen LogP contribution in [-0.2, 0) is 0 Å². The summed E-state index contributed by atoms with van der Waals surface area (Å²) in [5.41, 5.74) is -0.335. The van der Waals surface area contributed by atoms with E-state index in [1.54, 1.807) is 7.05 Å². The Bertz CT molecular complexity index is 425. The zero-order valence-electron chi connectivity index (χ0n) is 9.93. The zero-order valence-corrected chi connectivity index (χ0v) is 9.93. The Labute approximate surface area is 104 Å². The maximum Gasteiger partial charge on any atom is 0.336 e. The minimum atomic E-state index is -1.36. The summed E-state index contributed by atoms with van der Waals surface area (Å²) in [6.07, 6.45) is -2.21. The largest absolute Gasteiger partial charge is 0.478 e. The van der Waals surface area contributed by atoms with Gasteiger partial charge in [-0.3, -0.25) is 0 Å². The lowest BCUT2D eigenvalue weighted by Gasteiger charge is -2.19. The SMILES string of the molecule is CNCCC(O)C(O)c1ccc(F)cc1C(=O)O. The van der Waals surface area contributed by atoms with Crippen LogP contribution in [0.2, 0.25) is 0 Å². The molecule has 1 aromatic carbocycles. The molecule has 0 heterocycles. The summed E-state index contributed by atoms with van der Waals surface area (Å²) in [5.74, 6) is -2.04.